The van der Waals surface area contributed by atoms with Gasteiger partial charge in [0.15, 0.2) is 0 Å². The molecule has 156 valence electrons. The zero-order chi connectivity index (χ0) is 20.1. The number of imidazole rings is 1. The number of nitrogens with one attached hydrogen (secondary N) is 2. The molecule has 6 rings (SSSR count). The summed E-state index contributed by atoms with van der Waals surface area (Å²) in [5, 5.41) is 7.26. The number of rotatable bonds is 3. The SMILES string of the molecule is C[C@H]1CCc2c(ccc3c2nc(Cc2ccccc2)n3[C@@H]2CCC23CCNCC3)N1. The number of nitrogens with zero attached hydrogens (tertiary/aromatic N) is 2. The van der Waals surface area contributed by atoms with Gasteiger partial charge in [-0.25, -0.2) is 4.98 Å². The van der Waals surface area contributed by atoms with Crippen molar-refractivity contribution in [3.05, 3.63) is 59.4 Å². The van der Waals surface area contributed by atoms with Crippen LogP contribution >= 0.6 is 0 Å². The lowest BCUT2D eigenvalue weighted by atomic mass is 9.59. The van der Waals surface area contributed by atoms with Crippen LogP contribution in [0.5, 0.6) is 0 Å². The maximum Gasteiger partial charge on any atom is 0.114 e. The Hall–Kier alpha value is -2.33. The van der Waals surface area contributed by atoms with Crippen LogP contribution < -0.4 is 10.6 Å². The predicted molar refractivity (Wildman–Crippen MR) is 123 cm³/mol. The molecule has 4 heteroatoms. The summed E-state index contributed by atoms with van der Waals surface area (Å²) in [6, 6.07) is 16.7. The van der Waals surface area contributed by atoms with E-state index in [4.69, 9.17) is 4.98 Å². The fourth-order valence-electron chi connectivity index (χ4n) is 6.20. The van der Waals surface area contributed by atoms with Crippen LogP contribution in [0.2, 0.25) is 0 Å². The van der Waals surface area contributed by atoms with Gasteiger partial charge in [-0.15, -0.1) is 0 Å². The summed E-state index contributed by atoms with van der Waals surface area (Å²) in [6.07, 6.45) is 8.49. The van der Waals surface area contributed by atoms with Gasteiger partial charge < -0.3 is 15.2 Å². The number of benzene rings is 2. The van der Waals surface area contributed by atoms with Gasteiger partial charge in [0.2, 0.25) is 0 Å². The van der Waals surface area contributed by atoms with Crippen molar-refractivity contribution in [1.29, 1.82) is 0 Å². The van der Waals surface area contributed by atoms with Crippen LogP contribution in [0.3, 0.4) is 0 Å². The predicted octanol–water partition coefficient (Wildman–Crippen LogP) is 5.08. The highest BCUT2D eigenvalue weighted by Gasteiger charge is 2.49. The zero-order valence-electron chi connectivity index (χ0n) is 18.0. The smallest absolute Gasteiger partial charge is 0.114 e. The summed E-state index contributed by atoms with van der Waals surface area (Å²) in [4.78, 5) is 5.33. The van der Waals surface area contributed by atoms with Crippen molar-refractivity contribution in [2.75, 3.05) is 18.4 Å². The van der Waals surface area contributed by atoms with Crippen molar-refractivity contribution in [3.63, 3.8) is 0 Å². The average molecular weight is 401 g/mol. The van der Waals surface area contributed by atoms with E-state index >= 15 is 0 Å². The highest BCUT2D eigenvalue weighted by molar-refractivity contribution is 5.86. The Labute approximate surface area is 179 Å². The second-order valence-corrected chi connectivity index (χ2v) is 9.77. The van der Waals surface area contributed by atoms with E-state index in [-0.39, 0.29) is 0 Å². The van der Waals surface area contributed by atoms with E-state index in [1.807, 2.05) is 0 Å². The molecule has 3 aromatic rings. The van der Waals surface area contributed by atoms with Gasteiger partial charge in [-0.2, -0.15) is 0 Å². The first-order valence-electron chi connectivity index (χ1n) is 11.8. The minimum atomic E-state index is 0.465. The average Bonchev–Trinajstić information content (AvgIpc) is 3.12. The van der Waals surface area contributed by atoms with Crippen molar-refractivity contribution in [3.8, 4) is 0 Å². The molecule has 0 bridgehead atoms. The first kappa shape index (κ1) is 18.4. The van der Waals surface area contributed by atoms with Crippen LogP contribution in [0.15, 0.2) is 42.5 Å². The Kier molecular flexibility index (Phi) is 4.38. The Bertz CT molecular complexity index is 1060. The molecule has 1 spiro atoms. The summed E-state index contributed by atoms with van der Waals surface area (Å²) in [5.74, 6) is 1.26. The number of hydrogen-bond acceptors (Lipinski definition) is 3. The van der Waals surface area contributed by atoms with E-state index in [0.29, 0.717) is 17.5 Å². The Morgan fingerprint density at radius 2 is 1.87 bits per heavy atom. The zero-order valence-corrected chi connectivity index (χ0v) is 18.0. The number of hydrogen-bond donors (Lipinski definition) is 2. The quantitative estimate of drug-likeness (QED) is 0.644. The van der Waals surface area contributed by atoms with Gasteiger partial charge in [0.25, 0.3) is 0 Å². The topological polar surface area (TPSA) is 41.9 Å². The van der Waals surface area contributed by atoms with E-state index in [0.717, 1.165) is 25.9 Å². The molecule has 1 saturated carbocycles. The molecule has 3 heterocycles. The first-order chi connectivity index (χ1) is 14.7. The highest BCUT2D eigenvalue weighted by atomic mass is 15.1. The lowest BCUT2D eigenvalue weighted by Crippen LogP contribution is -2.49. The third-order valence-corrected chi connectivity index (χ3v) is 8.01. The molecule has 1 aromatic heterocycles. The Morgan fingerprint density at radius 3 is 2.63 bits per heavy atom. The fraction of sp³-hybridized carbons (Fsp3) is 0.500. The van der Waals surface area contributed by atoms with Gasteiger partial charge in [0.1, 0.15) is 5.82 Å². The van der Waals surface area contributed by atoms with E-state index in [2.05, 4.69) is 64.6 Å². The summed E-state index contributed by atoms with van der Waals surface area (Å²) < 4.78 is 2.66. The van der Waals surface area contributed by atoms with Crippen molar-refractivity contribution >= 4 is 16.7 Å². The number of anilines is 1. The maximum absolute atomic E-state index is 5.33. The summed E-state index contributed by atoms with van der Waals surface area (Å²) in [5.41, 5.74) is 7.15. The summed E-state index contributed by atoms with van der Waals surface area (Å²) in [7, 11) is 0. The van der Waals surface area contributed by atoms with E-state index in [1.54, 1.807) is 0 Å². The van der Waals surface area contributed by atoms with E-state index in [9.17, 15) is 0 Å². The van der Waals surface area contributed by atoms with E-state index in [1.165, 1.54) is 65.8 Å². The molecule has 3 aliphatic rings. The molecule has 0 amide bonds. The second-order valence-electron chi connectivity index (χ2n) is 9.77. The number of aryl methyl sites for hydroxylation is 1. The third kappa shape index (κ3) is 2.88. The van der Waals surface area contributed by atoms with Crippen LogP contribution in [-0.2, 0) is 12.8 Å². The van der Waals surface area contributed by atoms with Gasteiger partial charge in [-0.1, -0.05) is 30.3 Å². The molecule has 4 nitrogen and oxygen atoms in total. The number of piperidine rings is 1. The van der Waals surface area contributed by atoms with Crippen LogP contribution in [0.4, 0.5) is 5.69 Å². The monoisotopic (exact) mass is 400 g/mol. The normalized spacial score (nSPS) is 25.0. The van der Waals surface area contributed by atoms with Gasteiger partial charge in [0, 0.05) is 29.8 Å². The van der Waals surface area contributed by atoms with Gasteiger partial charge >= 0.3 is 0 Å². The molecule has 2 atom stereocenters. The number of fused-ring (bicyclic) bond motifs is 3. The van der Waals surface area contributed by atoms with Crippen molar-refractivity contribution in [1.82, 2.24) is 14.9 Å². The van der Waals surface area contributed by atoms with Gasteiger partial charge in [-0.3, -0.25) is 0 Å². The van der Waals surface area contributed by atoms with Gasteiger partial charge in [-0.05, 0) is 81.6 Å². The molecule has 1 aliphatic carbocycles. The van der Waals surface area contributed by atoms with Crippen LogP contribution in [-0.4, -0.2) is 28.7 Å². The van der Waals surface area contributed by atoms with Crippen LogP contribution in [0, 0.1) is 5.41 Å². The minimum absolute atomic E-state index is 0.465. The molecule has 0 radical (unpaired) electrons. The molecular formula is C26H32N4. The summed E-state index contributed by atoms with van der Waals surface area (Å²) in [6.45, 7) is 4.60. The third-order valence-electron chi connectivity index (χ3n) is 8.01. The molecule has 0 unspecified atom stereocenters. The van der Waals surface area contributed by atoms with Crippen molar-refractivity contribution in [2.45, 2.75) is 64.0 Å². The van der Waals surface area contributed by atoms with Gasteiger partial charge in [0.05, 0.1) is 11.0 Å². The van der Waals surface area contributed by atoms with Crippen LogP contribution in [0.25, 0.3) is 11.0 Å². The first-order valence-corrected chi connectivity index (χ1v) is 11.8. The van der Waals surface area contributed by atoms with Crippen molar-refractivity contribution < 1.29 is 0 Å². The molecule has 2 aromatic carbocycles. The lowest BCUT2D eigenvalue weighted by Gasteiger charge is -2.53. The maximum atomic E-state index is 5.33. The summed E-state index contributed by atoms with van der Waals surface area (Å²) >= 11 is 0. The second kappa shape index (κ2) is 7.12. The molecule has 2 aliphatic heterocycles. The molecular weight excluding hydrogens is 368 g/mol. The Morgan fingerprint density at radius 1 is 1.03 bits per heavy atom. The fourth-order valence-corrected chi connectivity index (χ4v) is 6.20. The standard InChI is InChI=1S/C26H32N4/c1-18-7-8-20-21(28-18)9-10-22-25(20)29-24(17-19-5-3-2-4-6-19)30(22)23-11-12-26(23)13-15-27-16-14-26/h2-6,9-10,18,23,27-28H,7-8,11-17H2,1H3/t18-,23+/m0/s1. The molecule has 2 fully saturated rings. The van der Waals surface area contributed by atoms with E-state index < -0.39 is 0 Å². The minimum Gasteiger partial charge on any atom is -0.382 e. The molecule has 2 N–H and O–H groups in total. The Balaban J connectivity index is 1.49. The highest BCUT2D eigenvalue weighted by Crippen LogP contribution is 2.57. The largest absolute Gasteiger partial charge is 0.382 e. The lowest BCUT2D eigenvalue weighted by molar-refractivity contribution is 0.00834. The van der Waals surface area contributed by atoms with Crippen LogP contribution in [0.1, 0.15) is 62.0 Å². The number of aromatic nitrogens is 2. The van der Waals surface area contributed by atoms with Crippen molar-refractivity contribution in [2.24, 2.45) is 5.41 Å². The molecule has 1 saturated heterocycles. The molecule has 30 heavy (non-hydrogen) atoms.